The number of carbonyl (C=O) groups excluding carboxylic acids is 1. The number of halogens is 3. The topological polar surface area (TPSA) is 50.7 Å². The molecule has 0 aromatic heterocycles. The van der Waals surface area contributed by atoms with E-state index in [0.29, 0.717) is 16.8 Å². The number of aliphatic imine (C=N–C) groups is 1. The molecule has 1 atom stereocenters. The number of para-hydroxylation sites is 1. The molecule has 0 aliphatic carbocycles. The lowest BCUT2D eigenvalue weighted by atomic mass is 9.87. The molecule has 1 N–H and O–H groups in total. The number of nitrogens with one attached hydrogen (secondary N) is 1. The van der Waals surface area contributed by atoms with E-state index in [1.807, 2.05) is 36.4 Å². The maximum Gasteiger partial charge on any atom is 0.573 e. The fourth-order valence-electron chi connectivity index (χ4n) is 4.23. The number of ether oxygens (including phenoxy) is 1. The van der Waals surface area contributed by atoms with E-state index in [1.54, 1.807) is 48.4 Å². The lowest BCUT2D eigenvalue weighted by molar-refractivity contribution is -0.274. The molecule has 0 bridgehead atoms. The van der Waals surface area contributed by atoms with E-state index < -0.39 is 6.36 Å². The molecule has 0 fully saturated rings. The molecule has 0 saturated heterocycles. The Balaban J connectivity index is 1.63. The Hall–Kier alpha value is -3.52. The zero-order valence-corrected chi connectivity index (χ0v) is 21.1. The molecule has 1 amide bonds. The van der Waals surface area contributed by atoms with Crippen molar-refractivity contribution in [2.45, 2.75) is 43.4 Å². The Labute approximate surface area is 218 Å². The predicted molar refractivity (Wildman–Crippen MR) is 143 cm³/mol. The maximum absolute atomic E-state index is 13.1. The van der Waals surface area contributed by atoms with E-state index in [0.717, 1.165) is 34.6 Å². The number of hydrogen-bond acceptors (Lipinski definition) is 4. The van der Waals surface area contributed by atoms with Crippen LogP contribution in [-0.4, -0.2) is 24.2 Å². The minimum absolute atomic E-state index is 0.149. The average Bonchev–Trinajstić information content (AvgIpc) is 3.15. The Morgan fingerprint density at radius 3 is 2.62 bits per heavy atom. The summed E-state index contributed by atoms with van der Waals surface area (Å²) in [6, 6.07) is 19.2. The van der Waals surface area contributed by atoms with Gasteiger partial charge in [0.2, 0.25) is 5.91 Å². The van der Waals surface area contributed by atoms with Crippen LogP contribution in [0.15, 0.2) is 88.9 Å². The van der Waals surface area contributed by atoms with Crippen LogP contribution in [0.3, 0.4) is 0 Å². The van der Waals surface area contributed by atoms with Crippen molar-refractivity contribution in [3.05, 3.63) is 90.1 Å². The van der Waals surface area contributed by atoms with Crippen molar-refractivity contribution in [2.24, 2.45) is 4.99 Å². The van der Waals surface area contributed by atoms with E-state index in [-0.39, 0.29) is 24.0 Å². The van der Waals surface area contributed by atoms with Crippen molar-refractivity contribution in [3.8, 4) is 16.9 Å². The average molecular weight is 525 g/mol. The number of anilines is 1. The van der Waals surface area contributed by atoms with Gasteiger partial charge in [0.15, 0.2) is 0 Å². The van der Waals surface area contributed by atoms with Gasteiger partial charge in [0.1, 0.15) is 5.75 Å². The standard InChI is InChI=1S/C29H27F3N2O2S/c1-2-37-23-13-10-20(11-14-23)17-28(35)34-22-12-15-24(26(18-22)21-7-5-6-16-33-19-21)25-8-3-4-9-27(25)36-29(30,31)32/h3-4,6,8-16,18-19,21H,2,5,7,17H2,1H3,(H,34,35). The third-order valence-electron chi connectivity index (χ3n) is 5.84. The van der Waals surface area contributed by atoms with Gasteiger partial charge in [0.25, 0.3) is 0 Å². The van der Waals surface area contributed by atoms with Gasteiger partial charge in [-0.25, -0.2) is 0 Å². The van der Waals surface area contributed by atoms with Crippen molar-refractivity contribution in [1.29, 1.82) is 0 Å². The number of carbonyl (C=O) groups is 1. The molecule has 192 valence electrons. The number of benzene rings is 3. The van der Waals surface area contributed by atoms with Crippen LogP contribution in [0.5, 0.6) is 5.75 Å². The van der Waals surface area contributed by atoms with Crippen molar-refractivity contribution in [2.75, 3.05) is 11.1 Å². The van der Waals surface area contributed by atoms with Gasteiger partial charge in [-0.05, 0) is 65.6 Å². The second-order valence-electron chi connectivity index (χ2n) is 8.51. The highest BCUT2D eigenvalue weighted by atomic mass is 32.2. The van der Waals surface area contributed by atoms with Gasteiger partial charge in [-0.3, -0.25) is 9.79 Å². The normalized spacial score (nSPS) is 15.3. The third-order valence-corrected chi connectivity index (χ3v) is 6.73. The van der Waals surface area contributed by atoms with Crippen LogP contribution >= 0.6 is 11.8 Å². The van der Waals surface area contributed by atoms with Gasteiger partial charge in [-0.1, -0.05) is 49.4 Å². The Morgan fingerprint density at radius 2 is 1.86 bits per heavy atom. The summed E-state index contributed by atoms with van der Waals surface area (Å²) in [5.74, 6) is 0.379. The molecule has 0 radical (unpaired) electrons. The Morgan fingerprint density at radius 1 is 1.08 bits per heavy atom. The summed E-state index contributed by atoms with van der Waals surface area (Å²) in [6.45, 7) is 2.09. The van der Waals surface area contributed by atoms with Crippen molar-refractivity contribution >= 4 is 29.6 Å². The second kappa shape index (κ2) is 12.1. The lowest BCUT2D eigenvalue weighted by Gasteiger charge is -2.20. The molecule has 0 saturated carbocycles. The summed E-state index contributed by atoms with van der Waals surface area (Å²) < 4.78 is 43.6. The summed E-state index contributed by atoms with van der Waals surface area (Å²) in [6.07, 6.45) is 2.36. The third kappa shape index (κ3) is 7.49. The van der Waals surface area contributed by atoms with Crippen molar-refractivity contribution in [1.82, 2.24) is 0 Å². The minimum atomic E-state index is -4.81. The summed E-state index contributed by atoms with van der Waals surface area (Å²) in [7, 11) is 0. The first-order valence-corrected chi connectivity index (χ1v) is 13.0. The molecule has 37 heavy (non-hydrogen) atoms. The van der Waals surface area contributed by atoms with Gasteiger partial charge >= 0.3 is 6.36 Å². The predicted octanol–water partition coefficient (Wildman–Crippen LogP) is 8.01. The molecule has 0 spiro atoms. The Kier molecular flexibility index (Phi) is 8.71. The molecule has 1 aliphatic heterocycles. The zero-order valence-electron chi connectivity index (χ0n) is 20.3. The van der Waals surface area contributed by atoms with E-state index >= 15 is 0 Å². The first-order valence-electron chi connectivity index (χ1n) is 12.0. The smallest absolute Gasteiger partial charge is 0.405 e. The number of hydrogen-bond donors (Lipinski definition) is 1. The summed E-state index contributed by atoms with van der Waals surface area (Å²) in [5, 5.41) is 2.94. The van der Waals surface area contributed by atoms with Crippen LogP contribution < -0.4 is 10.1 Å². The van der Waals surface area contributed by atoms with Crippen LogP contribution in [-0.2, 0) is 11.2 Å². The van der Waals surface area contributed by atoms with Gasteiger partial charge < -0.3 is 10.1 Å². The molecule has 1 aliphatic rings. The molecule has 4 nitrogen and oxygen atoms in total. The number of amides is 1. The fraction of sp³-hybridized carbons (Fsp3) is 0.241. The molecule has 3 aromatic rings. The summed E-state index contributed by atoms with van der Waals surface area (Å²) >= 11 is 1.74. The fourth-order valence-corrected chi connectivity index (χ4v) is 4.89. The number of alkyl halides is 3. The van der Waals surface area contributed by atoms with Crippen LogP contribution in [0.2, 0.25) is 0 Å². The second-order valence-corrected chi connectivity index (χ2v) is 9.85. The van der Waals surface area contributed by atoms with Crippen LogP contribution in [0.1, 0.15) is 36.8 Å². The molecular formula is C29H27F3N2O2S. The first-order chi connectivity index (χ1) is 17.8. The number of thioether (sulfide) groups is 1. The van der Waals surface area contributed by atoms with Gasteiger partial charge in [0, 0.05) is 34.5 Å². The summed E-state index contributed by atoms with van der Waals surface area (Å²) in [5.41, 5.74) is 3.16. The molecule has 1 heterocycles. The summed E-state index contributed by atoms with van der Waals surface area (Å²) in [4.78, 5) is 18.3. The highest BCUT2D eigenvalue weighted by molar-refractivity contribution is 7.99. The SMILES string of the molecule is CCSc1ccc(CC(=O)Nc2ccc(-c3ccccc3OC(F)(F)F)c(C3C=NC=CCC3)c2)cc1. The van der Waals surface area contributed by atoms with E-state index in [9.17, 15) is 18.0 Å². The monoisotopic (exact) mass is 524 g/mol. The molecule has 1 unspecified atom stereocenters. The molecular weight excluding hydrogens is 497 g/mol. The number of nitrogens with zero attached hydrogens (tertiary/aromatic N) is 1. The molecule has 3 aromatic carbocycles. The van der Waals surface area contributed by atoms with Crippen LogP contribution in [0, 0.1) is 0 Å². The van der Waals surface area contributed by atoms with Crippen LogP contribution in [0.25, 0.3) is 11.1 Å². The van der Waals surface area contributed by atoms with Crippen LogP contribution in [0.4, 0.5) is 18.9 Å². The zero-order chi connectivity index (χ0) is 26.3. The quantitative estimate of drug-likeness (QED) is 0.304. The maximum atomic E-state index is 13.1. The lowest BCUT2D eigenvalue weighted by Crippen LogP contribution is -2.18. The van der Waals surface area contributed by atoms with Crippen molar-refractivity contribution < 1.29 is 22.7 Å². The first kappa shape index (κ1) is 26.5. The van der Waals surface area contributed by atoms with E-state index in [2.05, 4.69) is 22.0 Å². The largest absolute Gasteiger partial charge is 0.573 e. The van der Waals surface area contributed by atoms with E-state index in [1.165, 1.54) is 12.1 Å². The number of allylic oxidation sites excluding steroid dienone is 1. The Bertz CT molecular complexity index is 1290. The van der Waals surface area contributed by atoms with Gasteiger partial charge in [0.05, 0.1) is 6.42 Å². The minimum Gasteiger partial charge on any atom is -0.405 e. The van der Waals surface area contributed by atoms with Gasteiger partial charge in [-0.15, -0.1) is 24.9 Å². The highest BCUT2D eigenvalue weighted by Gasteiger charge is 2.32. The van der Waals surface area contributed by atoms with E-state index in [4.69, 9.17) is 0 Å². The van der Waals surface area contributed by atoms with Gasteiger partial charge in [-0.2, -0.15) is 0 Å². The molecule has 4 rings (SSSR count). The number of rotatable bonds is 8. The van der Waals surface area contributed by atoms with Crippen molar-refractivity contribution in [3.63, 3.8) is 0 Å². The highest BCUT2D eigenvalue weighted by Crippen LogP contribution is 2.40. The molecule has 8 heteroatoms.